The molecule has 5 nitrogen and oxygen atoms in total. The Morgan fingerprint density at radius 3 is 2.62 bits per heavy atom. The molecule has 1 aromatic carbocycles. The summed E-state index contributed by atoms with van der Waals surface area (Å²) in [6.07, 6.45) is 1.76. The molecule has 0 aliphatic rings. The molecule has 1 atom stereocenters. The summed E-state index contributed by atoms with van der Waals surface area (Å²) in [6, 6.07) is 4.57. The molecule has 0 aromatic heterocycles. The third-order valence-corrected chi connectivity index (χ3v) is 3.06. The summed E-state index contributed by atoms with van der Waals surface area (Å²) in [4.78, 5) is 21.8. The molecule has 0 aliphatic heterocycles. The Balaban J connectivity index is 3.41. The van der Waals surface area contributed by atoms with Crippen LogP contribution in [0.4, 0.5) is 5.69 Å². The number of carboxylic acids is 1. The number of benzene rings is 1. The number of rotatable bonds is 4. The maximum Gasteiger partial charge on any atom is 0.310 e. The van der Waals surface area contributed by atoms with Crippen molar-refractivity contribution in [2.24, 2.45) is 0 Å². The van der Waals surface area contributed by atoms with E-state index in [1.54, 1.807) is 18.4 Å². The number of thioether (sulfide) groups is 1. The van der Waals surface area contributed by atoms with Gasteiger partial charge >= 0.3 is 5.97 Å². The molecule has 0 bridgehead atoms. The molecule has 1 aromatic rings. The maximum atomic E-state index is 10.9. The van der Waals surface area contributed by atoms with Crippen LogP contribution in [-0.4, -0.2) is 22.3 Å². The zero-order valence-electron chi connectivity index (χ0n) is 8.84. The Hall–Kier alpha value is -1.56. The van der Waals surface area contributed by atoms with Gasteiger partial charge in [-0.25, -0.2) is 0 Å². The predicted octanol–water partition coefficient (Wildman–Crippen LogP) is 2.50. The summed E-state index contributed by atoms with van der Waals surface area (Å²) in [6.45, 7) is 1.45. The summed E-state index contributed by atoms with van der Waals surface area (Å²) in [5.74, 6) is -1.95. The molecule has 1 rings (SSSR count). The lowest BCUT2D eigenvalue weighted by Crippen LogP contribution is -2.11. The Kier molecular flexibility index (Phi) is 3.89. The lowest BCUT2D eigenvalue weighted by Gasteiger charge is -2.11. The van der Waals surface area contributed by atoms with Gasteiger partial charge in [0.2, 0.25) is 0 Å². The third-order valence-electron chi connectivity index (χ3n) is 2.26. The van der Waals surface area contributed by atoms with E-state index in [1.165, 1.54) is 24.8 Å². The summed E-state index contributed by atoms with van der Waals surface area (Å²) in [5.41, 5.74) is 0.134. The highest BCUT2D eigenvalue weighted by Crippen LogP contribution is 2.34. The summed E-state index contributed by atoms with van der Waals surface area (Å²) >= 11 is 1.30. The Morgan fingerprint density at radius 2 is 2.19 bits per heavy atom. The maximum absolute atomic E-state index is 10.9. The molecule has 0 spiro atoms. The van der Waals surface area contributed by atoms with Gasteiger partial charge < -0.3 is 5.11 Å². The number of hydrogen-bond donors (Lipinski definition) is 1. The van der Waals surface area contributed by atoms with E-state index >= 15 is 0 Å². The van der Waals surface area contributed by atoms with Crippen molar-refractivity contribution in [1.82, 2.24) is 0 Å². The van der Waals surface area contributed by atoms with Crippen molar-refractivity contribution < 1.29 is 14.8 Å². The van der Waals surface area contributed by atoms with Crippen LogP contribution in [0.3, 0.4) is 0 Å². The van der Waals surface area contributed by atoms with Gasteiger partial charge in [0.1, 0.15) is 0 Å². The average molecular weight is 241 g/mol. The van der Waals surface area contributed by atoms with Gasteiger partial charge in [0.15, 0.2) is 0 Å². The first-order chi connectivity index (χ1) is 7.49. The van der Waals surface area contributed by atoms with E-state index in [0.717, 1.165) is 0 Å². The first-order valence-corrected chi connectivity index (χ1v) is 5.75. The van der Waals surface area contributed by atoms with Crippen molar-refractivity contribution in [3.63, 3.8) is 0 Å². The predicted molar refractivity (Wildman–Crippen MR) is 60.9 cm³/mol. The summed E-state index contributed by atoms with van der Waals surface area (Å²) < 4.78 is 0. The summed E-state index contributed by atoms with van der Waals surface area (Å²) in [5, 5.41) is 19.8. The highest BCUT2D eigenvalue weighted by atomic mass is 32.2. The molecule has 86 valence electrons. The van der Waals surface area contributed by atoms with Gasteiger partial charge in [-0.1, -0.05) is 6.07 Å². The van der Waals surface area contributed by atoms with Gasteiger partial charge in [-0.15, -0.1) is 11.8 Å². The number of carbonyl (C=O) groups is 1. The van der Waals surface area contributed by atoms with Crippen LogP contribution < -0.4 is 0 Å². The lowest BCUT2D eigenvalue weighted by atomic mass is 9.99. The molecule has 16 heavy (non-hydrogen) atoms. The van der Waals surface area contributed by atoms with Crippen LogP contribution >= 0.6 is 11.8 Å². The summed E-state index contributed by atoms with van der Waals surface area (Å²) in [7, 11) is 0. The standard InChI is InChI=1S/C10H11NO4S/c1-6(10(12)13)9-7(11(14)15)4-3-5-8(9)16-2/h3-6H,1-2H3,(H,12,13). The van der Waals surface area contributed by atoms with Crippen LogP contribution in [0.1, 0.15) is 18.4 Å². The molecule has 0 heterocycles. The van der Waals surface area contributed by atoms with Gasteiger partial charge in [-0.3, -0.25) is 14.9 Å². The molecule has 0 fully saturated rings. The van der Waals surface area contributed by atoms with Gasteiger partial charge in [0, 0.05) is 11.0 Å². The van der Waals surface area contributed by atoms with Crippen molar-refractivity contribution in [1.29, 1.82) is 0 Å². The van der Waals surface area contributed by atoms with Gasteiger partial charge in [0.25, 0.3) is 5.69 Å². The smallest absolute Gasteiger partial charge is 0.310 e. The second kappa shape index (κ2) is 4.98. The molecule has 0 amide bonds. The fourth-order valence-electron chi connectivity index (χ4n) is 1.43. The fourth-order valence-corrected chi connectivity index (χ4v) is 2.14. The minimum Gasteiger partial charge on any atom is -0.481 e. The van der Waals surface area contributed by atoms with Crippen molar-refractivity contribution in [2.45, 2.75) is 17.7 Å². The second-order valence-corrected chi connectivity index (χ2v) is 4.06. The molecule has 0 radical (unpaired) electrons. The van der Waals surface area contributed by atoms with E-state index in [0.29, 0.717) is 4.90 Å². The van der Waals surface area contributed by atoms with Crippen molar-refractivity contribution in [2.75, 3.05) is 6.26 Å². The number of aliphatic carboxylic acids is 1. The van der Waals surface area contributed by atoms with Crippen LogP contribution in [0, 0.1) is 10.1 Å². The third kappa shape index (κ3) is 2.33. The molecule has 1 N–H and O–H groups in total. The van der Waals surface area contributed by atoms with Crippen LogP contribution in [0.25, 0.3) is 0 Å². The van der Waals surface area contributed by atoms with E-state index < -0.39 is 16.8 Å². The zero-order valence-corrected chi connectivity index (χ0v) is 9.65. The number of nitrogens with zero attached hydrogens (tertiary/aromatic N) is 1. The Morgan fingerprint density at radius 1 is 1.56 bits per heavy atom. The van der Waals surface area contributed by atoms with Crippen LogP contribution in [0.2, 0.25) is 0 Å². The molecular weight excluding hydrogens is 230 g/mol. The SMILES string of the molecule is CSc1cccc([N+](=O)[O-])c1C(C)C(=O)O. The molecule has 6 heteroatoms. The number of nitro groups is 1. The number of nitro benzene ring substituents is 1. The number of hydrogen-bond acceptors (Lipinski definition) is 4. The first-order valence-electron chi connectivity index (χ1n) is 4.53. The second-order valence-electron chi connectivity index (χ2n) is 3.21. The van der Waals surface area contributed by atoms with Crippen LogP contribution in [0.5, 0.6) is 0 Å². The first kappa shape index (κ1) is 12.5. The van der Waals surface area contributed by atoms with Gasteiger partial charge in [-0.05, 0) is 19.2 Å². The normalized spacial score (nSPS) is 12.1. The number of carboxylic acid groups (broad SMARTS) is 1. The molecule has 1 unspecified atom stereocenters. The zero-order chi connectivity index (χ0) is 12.3. The van der Waals surface area contributed by atoms with Crippen molar-refractivity contribution in [3.8, 4) is 0 Å². The van der Waals surface area contributed by atoms with Crippen molar-refractivity contribution in [3.05, 3.63) is 33.9 Å². The van der Waals surface area contributed by atoms with E-state index in [1.807, 2.05) is 0 Å². The van der Waals surface area contributed by atoms with Crippen molar-refractivity contribution >= 4 is 23.4 Å². The Labute approximate surface area is 96.6 Å². The van der Waals surface area contributed by atoms with E-state index in [2.05, 4.69) is 0 Å². The van der Waals surface area contributed by atoms with Crippen LogP contribution in [0.15, 0.2) is 23.1 Å². The highest BCUT2D eigenvalue weighted by molar-refractivity contribution is 7.98. The Bertz CT molecular complexity index is 433. The molecule has 0 saturated carbocycles. The molecule has 0 aliphatic carbocycles. The van der Waals surface area contributed by atoms with Gasteiger partial charge in [-0.2, -0.15) is 0 Å². The minimum absolute atomic E-state index is 0.137. The lowest BCUT2D eigenvalue weighted by molar-refractivity contribution is -0.385. The fraction of sp³-hybridized carbons (Fsp3) is 0.300. The van der Waals surface area contributed by atoms with E-state index in [4.69, 9.17) is 5.11 Å². The minimum atomic E-state index is -1.07. The largest absolute Gasteiger partial charge is 0.481 e. The molecular formula is C10H11NO4S. The quantitative estimate of drug-likeness (QED) is 0.497. The van der Waals surface area contributed by atoms with Crippen LogP contribution in [-0.2, 0) is 4.79 Å². The van der Waals surface area contributed by atoms with E-state index in [9.17, 15) is 14.9 Å². The monoisotopic (exact) mass is 241 g/mol. The highest BCUT2D eigenvalue weighted by Gasteiger charge is 2.26. The topological polar surface area (TPSA) is 80.4 Å². The molecule has 0 saturated heterocycles. The van der Waals surface area contributed by atoms with E-state index in [-0.39, 0.29) is 11.3 Å². The average Bonchev–Trinajstić information content (AvgIpc) is 2.26. The van der Waals surface area contributed by atoms with Gasteiger partial charge in [0.05, 0.1) is 16.4 Å².